The number of fused-ring (bicyclic) bond motifs is 2. The van der Waals surface area contributed by atoms with E-state index in [0.29, 0.717) is 6.17 Å². The summed E-state index contributed by atoms with van der Waals surface area (Å²) in [5, 5.41) is 6.97. The summed E-state index contributed by atoms with van der Waals surface area (Å²) in [6.45, 7) is 4.40. The first-order chi connectivity index (χ1) is 6.93. The second kappa shape index (κ2) is 3.26. The zero-order valence-corrected chi connectivity index (χ0v) is 8.16. The fourth-order valence-corrected chi connectivity index (χ4v) is 2.28. The second-order valence-corrected chi connectivity index (χ2v) is 3.99. The molecule has 0 saturated carbocycles. The van der Waals surface area contributed by atoms with Crippen molar-refractivity contribution in [2.24, 2.45) is 0 Å². The number of piperazine rings is 1. The third-order valence-corrected chi connectivity index (χ3v) is 3.07. The Morgan fingerprint density at radius 2 is 2.21 bits per heavy atom. The maximum absolute atomic E-state index is 3.56. The highest BCUT2D eigenvalue weighted by Gasteiger charge is 2.26. The Bertz CT molecular complexity index is 304. The van der Waals surface area contributed by atoms with Gasteiger partial charge >= 0.3 is 0 Å². The van der Waals surface area contributed by atoms with Gasteiger partial charge in [-0.25, -0.2) is 0 Å². The van der Waals surface area contributed by atoms with Gasteiger partial charge in [0.05, 0.1) is 6.17 Å². The summed E-state index contributed by atoms with van der Waals surface area (Å²) in [7, 11) is 0. The number of hydrogen-bond donors (Lipinski definition) is 2. The van der Waals surface area contributed by atoms with Gasteiger partial charge in [-0.05, 0) is 11.6 Å². The van der Waals surface area contributed by atoms with Crippen molar-refractivity contribution in [2.75, 3.05) is 25.0 Å². The topological polar surface area (TPSA) is 27.3 Å². The first kappa shape index (κ1) is 8.26. The molecule has 0 aromatic heterocycles. The molecule has 0 amide bonds. The molecule has 1 atom stereocenters. The maximum Gasteiger partial charge on any atom is 0.0924 e. The number of hydrogen-bond acceptors (Lipinski definition) is 3. The molecular formula is C11H15N3. The van der Waals surface area contributed by atoms with Gasteiger partial charge in [0.15, 0.2) is 0 Å². The van der Waals surface area contributed by atoms with Crippen LogP contribution in [0.5, 0.6) is 0 Å². The van der Waals surface area contributed by atoms with Crippen LogP contribution in [0.3, 0.4) is 0 Å². The molecule has 2 N–H and O–H groups in total. The zero-order chi connectivity index (χ0) is 9.38. The Kier molecular flexibility index (Phi) is 1.92. The van der Waals surface area contributed by atoms with Gasteiger partial charge in [-0.3, -0.25) is 4.90 Å². The number of anilines is 1. The summed E-state index contributed by atoms with van der Waals surface area (Å²) in [6.07, 6.45) is 0.485. The molecule has 0 aliphatic carbocycles. The molecule has 1 fully saturated rings. The van der Waals surface area contributed by atoms with Crippen LogP contribution in [-0.4, -0.2) is 30.7 Å². The SMILES string of the molecule is c1ccc2c(c1)CN1CCNC[C@H]1N2. The van der Waals surface area contributed by atoms with E-state index in [-0.39, 0.29) is 0 Å². The predicted molar refractivity (Wildman–Crippen MR) is 57.1 cm³/mol. The van der Waals surface area contributed by atoms with E-state index in [2.05, 4.69) is 39.8 Å². The molecule has 1 saturated heterocycles. The van der Waals surface area contributed by atoms with Crippen LogP contribution in [0.25, 0.3) is 0 Å². The Labute approximate surface area is 84.1 Å². The monoisotopic (exact) mass is 189 g/mol. The van der Waals surface area contributed by atoms with Crippen molar-refractivity contribution < 1.29 is 0 Å². The number of benzene rings is 1. The second-order valence-electron chi connectivity index (χ2n) is 3.99. The van der Waals surface area contributed by atoms with Gasteiger partial charge in [-0.2, -0.15) is 0 Å². The Morgan fingerprint density at radius 1 is 1.29 bits per heavy atom. The first-order valence-electron chi connectivity index (χ1n) is 5.23. The quantitative estimate of drug-likeness (QED) is 0.633. The molecule has 0 unspecified atom stereocenters. The van der Waals surface area contributed by atoms with E-state index in [1.54, 1.807) is 0 Å². The maximum atomic E-state index is 3.56. The average molecular weight is 189 g/mol. The van der Waals surface area contributed by atoms with Gasteiger partial charge in [-0.1, -0.05) is 18.2 Å². The molecule has 14 heavy (non-hydrogen) atoms. The third kappa shape index (κ3) is 1.29. The molecule has 0 bridgehead atoms. The predicted octanol–water partition coefficient (Wildman–Crippen LogP) is 0.843. The molecule has 0 radical (unpaired) electrons. The molecule has 3 heteroatoms. The number of rotatable bonds is 0. The van der Waals surface area contributed by atoms with Gasteiger partial charge in [-0.15, -0.1) is 0 Å². The van der Waals surface area contributed by atoms with Crippen LogP contribution in [0.1, 0.15) is 5.56 Å². The van der Waals surface area contributed by atoms with Crippen molar-refractivity contribution in [3.05, 3.63) is 29.8 Å². The van der Waals surface area contributed by atoms with Gasteiger partial charge in [0, 0.05) is 31.9 Å². The van der Waals surface area contributed by atoms with Crippen LogP contribution < -0.4 is 10.6 Å². The lowest BCUT2D eigenvalue weighted by molar-refractivity contribution is 0.164. The number of nitrogens with one attached hydrogen (secondary N) is 2. The smallest absolute Gasteiger partial charge is 0.0924 e. The minimum atomic E-state index is 0.485. The normalized spacial score (nSPS) is 26.1. The van der Waals surface area contributed by atoms with Crippen LogP contribution in [0.2, 0.25) is 0 Å². The highest BCUT2D eigenvalue weighted by Crippen LogP contribution is 2.25. The van der Waals surface area contributed by atoms with Gasteiger partial charge in [0.1, 0.15) is 0 Å². The summed E-state index contributed by atoms with van der Waals surface area (Å²) in [4.78, 5) is 2.50. The minimum Gasteiger partial charge on any atom is -0.368 e. The van der Waals surface area contributed by atoms with E-state index in [0.717, 1.165) is 26.2 Å². The molecule has 3 rings (SSSR count). The lowest BCUT2D eigenvalue weighted by Crippen LogP contribution is -2.56. The highest BCUT2D eigenvalue weighted by atomic mass is 15.3. The van der Waals surface area contributed by atoms with E-state index in [1.165, 1.54) is 11.3 Å². The summed E-state index contributed by atoms with van der Waals surface area (Å²) in [5.41, 5.74) is 2.73. The summed E-state index contributed by atoms with van der Waals surface area (Å²) >= 11 is 0. The molecule has 2 aliphatic rings. The van der Waals surface area contributed by atoms with E-state index < -0.39 is 0 Å². The van der Waals surface area contributed by atoms with Crippen LogP contribution in [-0.2, 0) is 6.54 Å². The summed E-state index contributed by atoms with van der Waals surface area (Å²) in [6, 6.07) is 8.59. The molecule has 74 valence electrons. The Morgan fingerprint density at radius 3 is 3.21 bits per heavy atom. The number of nitrogens with zero attached hydrogens (tertiary/aromatic N) is 1. The van der Waals surface area contributed by atoms with E-state index in [9.17, 15) is 0 Å². The van der Waals surface area contributed by atoms with Gasteiger partial charge in [0.25, 0.3) is 0 Å². The van der Waals surface area contributed by atoms with Crippen molar-refractivity contribution >= 4 is 5.69 Å². The summed E-state index contributed by atoms with van der Waals surface area (Å²) < 4.78 is 0. The Balaban J connectivity index is 1.91. The largest absolute Gasteiger partial charge is 0.368 e. The molecule has 2 heterocycles. The molecule has 0 spiro atoms. The van der Waals surface area contributed by atoms with Crippen LogP contribution >= 0.6 is 0 Å². The lowest BCUT2D eigenvalue weighted by atomic mass is 10.1. The standard InChI is InChI=1S/C11H15N3/c1-2-4-10-9(3-1)8-14-6-5-12-7-11(14)13-10/h1-4,11-13H,5-8H2/t11-/m0/s1. The fraction of sp³-hybridized carbons (Fsp3) is 0.455. The van der Waals surface area contributed by atoms with E-state index in [1.807, 2.05) is 0 Å². The van der Waals surface area contributed by atoms with Crippen LogP contribution in [0.4, 0.5) is 5.69 Å². The first-order valence-corrected chi connectivity index (χ1v) is 5.23. The van der Waals surface area contributed by atoms with Crippen molar-refractivity contribution in [1.82, 2.24) is 10.2 Å². The highest BCUT2D eigenvalue weighted by molar-refractivity contribution is 5.53. The van der Waals surface area contributed by atoms with E-state index in [4.69, 9.17) is 0 Å². The summed E-state index contributed by atoms with van der Waals surface area (Å²) in [5.74, 6) is 0. The van der Waals surface area contributed by atoms with Crippen molar-refractivity contribution in [2.45, 2.75) is 12.7 Å². The minimum absolute atomic E-state index is 0.485. The molecule has 1 aromatic carbocycles. The Hall–Kier alpha value is -1.06. The average Bonchev–Trinajstić information content (AvgIpc) is 2.26. The lowest BCUT2D eigenvalue weighted by Gasteiger charge is -2.41. The van der Waals surface area contributed by atoms with Crippen LogP contribution in [0, 0.1) is 0 Å². The van der Waals surface area contributed by atoms with Crippen molar-refractivity contribution in [1.29, 1.82) is 0 Å². The number of para-hydroxylation sites is 1. The molecule has 3 nitrogen and oxygen atoms in total. The molecule has 2 aliphatic heterocycles. The van der Waals surface area contributed by atoms with Crippen molar-refractivity contribution in [3.8, 4) is 0 Å². The fourth-order valence-electron chi connectivity index (χ4n) is 2.28. The van der Waals surface area contributed by atoms with Gasteiger partial charge < -0.3 is 10.6 Å². The van der Waals surface area contributed by atoms with E-state index >= 15 is 0 Å². The molecular weight excluding hydrogens is 174 g/mol. The molecule has 1 aromatic rings. The zero-order valence-electron chi connectivity index (χ0n) is 8.16. The van der Waals surface area contributed by atoms with Crippen LogP contribution in [0.15, 0.2) is 24.3 Å². The van der Waals surface area contributed by atoms with Crippen molar-refractivity contribution in [3.63, 3.8) is 0 Å². The third-order valence-electron chi connectivity index (χ3n) is 3.07. The van der Waals surface area contributed by atoms with Gasteiger partial charge in [0.2, 0.25) is 0 Å².